The number of benzene rings is 1. The maximum Gasteiger partial charge on any atom is 0.246 e. The number of halogens is 1. The highest BCUT2D eigenvalue weighted by Crippen LogP contribution is 2.25. The summed E-state index contributed by atoms with van der Waals surface area (Å²) in [5.74, 6) is -0.0121. The molecule has 1 aromatic carbocycles. The average Bonchev–Trinajstić information content (AvgIpc) is 3.13. The average molecular weight is 385 g/mol. The van der Waals surface area contributed by atoms with Gasteiger partial charge in [0.2, 0.25) is 5.91 Å². The van der Waals surface area contributed by atoms with Gasteiger partial charge in [-0.1, -0.05) is 22.5 Å². The number of aromatic nitrogens is 3. The Kier molecular flexibility index (Phi) is 3.76. The van der Waals surface area contributed by atoms with E-state index in [-0.39, 0.29) is 11.9 Å². The number of rotatable bonds is 4. The van der Waals surface area contributed by atoms with E-state index in [1.165, 1.54) is 17.0 Å². The lowest BCUT2D eigenvalue weighted by molar-refractivity contribution is -0.131. The minimum Gasteiger partial charge on any atom is -0.341 e. The molecule has 1 amide bonds. The minimum absolute atomic E-state index is 0.0121. The lowest BCUT2D eigenvalue weighted by Gasteiger charge is -2.39. The first-order chi connectivity index (χ1) is 11.7. The van der Waals surface area contributed by atoms with Crippen LogP contribution in [0, 0.1) is 0 Å². The Hall–Kier alpha value is -2.34. The topological polar surface area (TPSA) is 43.1 Å². The summed E-state index contributed by atoms with van der Waals surface area (Å²) in [7, 11) is 0. The van der Waals surface area contributed by atoms with Crippen LogP contribution in [0.2, 0.25) is 0 Å². The van der Waals surface area contributed by atoms with Crippen LogP contribution in [0.15, 0.2) is 59.9 Å². The zero-order valence-electron chi connectivity index (χ0n) is 13.1. The third kappa shape index (κ3) is 2.57. The van der Waals surface area contributed by atoms with Gasteiger partial charge in [0.1, 0.15) is 0 Å². The van der Waals surface area contributed by atoms with Gasteiger partial charge < -0.3 is 9.47 Å². The van der Waals surface area contributed by atoms with Gasteiger partial charge in [-0.2, -0.15) is 5.10 Å². The minimum atomic E-state index is -0.0121. The second-order valence-corrected chi connectivity index (χ2v) is 6.93. The molecular weight excluding hydrogens is 368 g/mol. The monoisotopic (exact) mass is 384 g/mol. The second-order valence-electron chi connectivity index (χ2n) is 6.02. The Morgan fingerprint density at radius 1 is 1.33 bits per heavy atom. The van der Waals surface area contributed by atoms with Crippen LogP contribution in [0.4, 0.5) is 0 Å². The van der Waals surface area contributed by atoms with Crippen LogP contribution in [-0.2, 0) is 11.3 Å². The first-order valence-corrected chi connectivity index (χ1v) is 8.63. The van der Waals surface area contributed by atoms with Crippen LogP contribution in [0.25, 0.3) is 10.9 Å². The second kappa shape index (κ2) is 5.94. The number of hydrogen-bond acceptors (Lipinski definition) is 2. The molecule has 1 saturated heterocycles. The molecule has 0 unspecified atom stereocenters. The van der Waals surface area contributed by atoms with E-state index in [9.17, 15) is 4.79 Å². The Morgan fingerprint density at radius 3 is 2.96 bits per heavy atom. The number of amides is 1. The summed E-state index contributed by atoms with van der Waals surface area (Å²) in [6, 6.07) is 10.7. The summed E-state index contributed by atoms with van der Waals surface area (Å²) in [5, 5.41) is 5.67. The van der Waals surface area contributed by atoms with Gasteiger partial charge in [0.25, 0.3) is 0 Å². The summed E-state index contributed by atoms with van der Waals surface area (Å²) in [5.41, 5.74) is 2.34. The van der Waals surface area contributed by atoms with Crippen molar-refractivity contribution in [3.63, 3.8) is 0 Å². The summed E-state index contributed by atoms with van der Waals surface area (Å²) in [6.45, 7) is 5.68. The van der Waals surface area contributed by atoms with Crippen LogP contribution in [-0.4, -0.2) is 38.2 Å². The summed E-state index contributed by atoms with van der Waals surface area (Å²) in [4.78, 5) is 13.4. The number of carbonyl (C=O) groups excluding carboxylic acids is 1. The van der Waals surface area contributed by atoms with Gasteiger partial charge in [-0.05, 0) is 36.4 Å². The highest BCUT2D eigenvalue weighted by molar-refractivity contribution is 9.10. The molecule has 0 radical (unpaired) electrons. The largest absolute Gasteiger partial charge is 0.341 e. The van der Waals surface area contributed by atoms with Crippen LogP contribution in [0.3, 0.4) is 0 Å². The van der Waals surface area contributed by atoms with Gasteiger partial charge in [0.05, 0.1) is 18.3 Å². The van der Waals surface area contributed by atoms with Crippen molar-refractivity contribution in [2.45, 2.75) is 12.6 Å². The molecule has 0 atom stereocenters. The maximum atomic E-state index is 11.6. The van der Waals surface area contributed by atoms with Crippen molar-refractivity contribution >= 4 is 32.7 Å². The molecule has 0 saturated carbocycles. The number of hydrogen-bond donors (Lipinski definition) is 0. The molecule has 2 aromatic heterocycles. The van der Waals surface area contributed by atoms with Crippen molar-refractivity contribution in [1.82, 2.24) is 19.2 Å². The lowest BCUT2D eigenvalue weighted by atomic mass is 10.1. The molecule has 1 fully saturated rings. The zero-order valence-corrected chi connectivity index (χ0v) is 14.7. The van der Waals surface area contributed by atoms with E-state index in [0.29, 0.717) is 13.1 Å². The highest BCUT2D eigenvalue weighted by Gasteiger charge is 2.32. The van der Waals surface area contributed by atoms with E-state index >= 15 is 0 Å². The van der Waals surface area contributed by atoms with Crippen LogP contribution < -0.4 is 0 Å². The first-order valence-electron chi connectivity index (χ1n) is 7.84. The van der Waals surface area contributed by atoms with Crippen LogP contribution in [0.1, 0.15) is 11.7 Å². The Balaban J connectivity index is 1.55. The third-order valence-electron chi connectivity index (χ3n) is 4.51. The highest BCUT2D eigenvalue weighted by atomic mass is 79.9. The number of likely N-dealkylation sites (tertiary alicyclic amines) is 1. The van der Waals surface area contributed by atoms with Crippen molar-refractivity contribution in [1.29, 1.82) is 0 Å². The van der Waals surface area contributed by atoms with Gasteiger partial charge in [-0.25, -0.2) is 0 Å². The van der Waals surface area contributed by atoms with Gasteiger partial charge in [-0.15, -0.1) is 0 Å². The van der Waals surface area contributed by atoms with Gasteiger partial charge in [0, 0.05) is 40.9 Å². The van der Waals surface area contributed by atoms with Crippen molar-refractivity contribution < 1.29 is 4.79 Å². The molecule has 0 N–H and O–H groups in total. The van der Waals surface area contributed by atoms with Crippen molar-refractivity contribution in [2.24, 2.45) is 0 Å². The molecule has 1 aliphatic rings. The van der Waals surface area contributed by atoms with E-state index in [4.69, 9.17) is 0 Å². The molecular formula is C18H17BrN4O. The zero-order chi connectivity index (χ0) is 16.7. The van der Waals surface area contributed by atoms with E-state index in [1.807, 2.05) is 16.9 Å². The van der Waals surface area contributed by atoms with E-state index in [0.717, 1.165) is 16.7 Å². The number of nitrogens with zero attached hydrogens (tertiary/aromatic N) is 4. The quantitative estimate of drug-likeness (QED) is 0.648. The van der Waals surface area contributed by atoms with Crippen LogP contribution >= 0.6 is 15.9 Å². The molecule has 0 spiro atoms. The Labute approximate surface area is 148 Å². The molecule has 122 valence electrons. The van der Waals surface area contributed by atoms with Crippen molar-refractivity contribution in [3.8, 4) is 0 Å². The Morgan fingerprint density at radius 2 is 2.17 bits per heavy atom. The van der Waals surface area contributed by atoms with E-state index < -0.39 is 0 Å². The van der Waals surface area contributed by atoms with Gasteiger partial charge in [0.15, 0.2) is 0 Å². The molecule has 0 bridgehead atoms. The summed E-state index contributed by atoms with van der Waals surface area (Å²) >= 11 is 3.51. The fraction of sp³-hybridized carbons (Fsp3) is 0.222. The van der Waals surface area contributed by atoms with Gasteiger partial charge >= 0.3 is 0 Å². The molecule has 4 rings (SSSR count). The molecule has 0 aliphatic carbocycles. The Bertz CT molecular complexity index is 920. The fourth-order valence-electron chi connectivity index (χ4n) is 3.20. The number of fused-ring (bicyclic) bond motifs is 1. The summed E-state index contributed by atoms with van der Waals surface area (Å²) < 4.78 is 5.34. The molecule has 3 aromatic rings. The smallest absolute Gasteiger partial charge is 0.246 e. The lowest BCUT2D eigenvalue weighted by Crippen LogP contribution is -2.50. The predicted molar refractivity (Wildman–Crippen MR) is 96.8 cm³/mol. The van der Waals surface area contributed by atoms with Gasteiger partial charge in [-0.3, -0.25) is 9.48 Å². The molecule has 1 aliphatic heterocycles. The molecule has 3 heterocycles. The predicted octanol–water partition coefficient (Wildman–Crippen LogP) is 3.22. The van der Waals surface area contributed by atoms with Crippen LogP contribution in [0.5, 0.6) is 0 Å². The van der Waals surface area contributed by atoms with Crippen molar-refractivity contribution in [3.05, 3.63) is 65.5 Å². The van der Waals surface area contributed by atoms with Crippen molar-refractivity contribution in [2.75, 3.05) is 13.1 Å². The molecule has 6 heteroatoms. The molecule has 24 heavy (non-hydrogen) atoms. The summed E-state index contributed by atoms with van der Waals surface area (Å²) in [6.07, 6.45) is 5.29. The van der Waals surface area contributed by atoms with E-state index in [1.54, 1.807) is 4.90 Å². The number of carbonyl (C=O) groups is 1. The maximum absolute atomic E-state index is 11.6. The standard InChI is InChI=1S/C18H17BrN4O/c1-2-18(24)22-11-16(12-22)23-15(5-7-20-23)10-21-8-6-13-9-14(19)3-4-17(13)21/h2-9,16H,1,10-12H2. The first kappa shape index (κ1) is 15.2. The normalized spacial score (nSPS) is 14.8. The third-order valence-corrected chi connectivity index (χ3v) is 5.01. The fourth-order valence-corrected chi connectivity index (χ4v) is 3.58. The molecule has 5 nitrogen and oxygen atoms in total. The SMILES string of the molecule is C=CC(=O)N1CC(n2nccc2Cn2ccc3cc(Br)ccc32)C1. The van der Waals surface area contributed by atoms with E-state index in [2.05, 4.69) is 62.6 Å².